The molecule has 0 radical (unpaired) electrons. The lowest BCUT2D eigenvalue weighted by atomic mass is 9.96. The maximum Gasteiger partial charge on any atom is 0.407 e. The van der Waals surface area contributed by atoms with E-state index in [1.807, 2.05) is 0 Å². The molecular weight excluding hydrogens is 302 g/mol. The van der Waals surface area contributed by atoms with Crippen LogP contribution in [0.2, 0.25) is 0 Å². The highest BCUT2D eigenvalue weighted by atomic mass is 16.4. The average Bonchev–Trinajstić information content (AvgIpc) is 3.24. The number of carboxylic acid groups (broad SMARTS) is 1. The molecule has 1 aromatic carbocycles. The molecule has 24 heavy (non-hydrogen) atoms. The number of hydrogen-bond acceptors (Lipinski definition) is 2. The van der Waals surface area contributed by atoms with Gasteiger partial charge in [0.1, 0.15) is 11.7 Å². The van der Waals surface area contributed by atoms with Gasteiger partial charge in [-0.3, -0.25) is 4.48 Å². The Kier molecular flexibility index (Phi) is 4.01. The Bertz CT molecular complexity index is 641. The summed E-state index contributed by atoms with van der Waals surface area (Å²) in [6.07, 6.45) is 3.90. The first-order valence-corrected chi connectivity index (χ1v) is 9.29. The van der Waals surface area contributed by atoms with E-state index in [2.05, 4.69) is 30.4 Å². The summed E-state index contributed by atoms with van der Waals surface area (Å²) in [5, 5.41) is 12.8. The van der Waals surface area contributed by atoms with Gasteiger partial charge >= 0.3 is 6.09 Å². The number of carbonyl (C=O) groups is 1. The standard InChI is InChI=1S/C19H27N3O2/c1-14-3-2-10-22(14,18-6-8-20-12-18)17-5-4-16-13-21(19(23)24)9-7-15(16)11-17/h4-5,11,14,18,20H,2-3,6-10,12-13H2,1H3/p+1/t14-,18-,22?/m0/s1. The highest BCUT2D eigenvalue weighted by molar-refractivity contribution is 5.66. The van der Waals surface area contributed by atoms with E-state index < -0.39 is 6.09 Å². The fraction of sp³-hybridized carbons (Fsp3) is 0.632. The van der Waals surface area contributed by atoms with E-state index in [1.54, 1.807) is 0 Å². The molecule has 1 amide bonds. The second-order valence-corrected chi connectivity index (χ2v) is 7.70. The first-order valence-electron chi connectivity index (χ1n) is 9.29. The van der Waals surface area contributed by atoms with Crippen LogP contribution in [0.1, 0.15) is 37.3 Å². The van der Waals surface area contributed by atoms with Crippen LogP contribution in [0.25, 0.3) is 0 Å². The number of fused-ring (bicyclic) bond motifs is 1. The summed E-state index contributed by atoms with van der Waals surface area (Å²) in [7, 11) is 0. The van der Waals surface area contributed by atoms with Crippen molar-refractivity contribution in [3.05, 3.63) is 29.3 Å². The van der Waals surface area contributed by atoms with Crippen LogP contribution in [0.15, 0.2) is 18.2 Å². The molecule has 2 saturated heterocycles. The normalized spacial score (nSPS) is 32.8. The van der Waals surface area contributed by atoms with Gasteiger partial charge in [-0.05, 0) is 30.5 Å². The van der Waals surface area contributed by atoms with Gasteiger partial charge in [-0.1, -0.05) is 6.07 Å². The Labute approximate surface area is 143 Å². The Morgan fingerprint density at radius 2 is 2.21 bits per heavy atom. The third-order valence-electron chi connectivity index (χ3n) is 6.58. The predicted octanol–water partition coefficient (Wildman–Crippen LogP) is 2.57. The predicted molar refractivity (Wildman–Crippen MR) is 95.2 cm³/mol. The number of hydrogen-bond donors (Lipinski definition) is 2. The number of rotatable bonds is 2. The highest BCUT2D eigenvalue weighted by Gasteiger charge is 2.48. The molecule has 3 aliphatic heterocycles. The molecule has 3 aliphatic rings. The van der Waals surface area contributed by atoms with Gasteiger partial charge in [-0.25, -0.2) is 4.79 Å². The molecule has 5 heteroatoms. The number of likely N-dealkylation sites (tertiary alicyclic amines) is 1. The fourth-order valence-electron chi connectivity index (χ4n) is 5.23. The quantitative estimate of drug-likeness (QED) is 0.820. The molecule has 0 bridgehead atoms. The second kappa shape index (κ2) is 6.05. The lowest BCUT2D eigenvalue weighted by Crippen LogP contribution is -2.59. The van der Waals surface area contributed by atoms with Crippen LogP contribution >= 0.6 is 0 Å². The van der Waals surface area contributed by atoms with Crippen LogP contribution in [0.3, 0.4) is 0 Å². The number of amides is 1. The fourth-order valence-corrected chi connectivity index (χ4v) is 5.23. The molecule has 0 saturated carbocycles. The Morgan fingerprint density at radius 3 is 2.88 bits per heavy atom. The molecule has 4 rings (SSSR count). The van der Waals surface area contributed by atoms with Crippen LogP contribution in [0.5, 0.6) is 0 Å². The smallest absolute Gasteiger partial charge is 0.407 e. The van der Waals surface area contributed by atoms with Crippen LogP contribution in [0.4, 0.5) is 10.5 Å². The second-order valence-electron chi connectivity index (χ2n) is 7.70. The van der Waals surface area contributed by atoms with Gasteiger partial charge in [0.15, 0.2) is 0 Å². The van der Waals surface area contributed by atoms with Crippen LogP contribution in [-0.4, -0.2) is 54.4 Å². The van der Waals surface area contributed by atoms with Gasteiger partial charge in [0.05, 0.1) is 12.6 Å². The van der Waals surface area contributed by atoms with E-state index in [0.717, 1.165) is 24.0 Å². The summed E-state index contributed by atoms with van der Waals surface area (Å²) in [6.45, 7) is 7.06. The third-order valence-corrected chi connectivity index (χ3v) is 6.58. The molecule has 5 nitrogen and oxygen atoms in total. The minimum atomic E-state index is -0.807. The maximum absolute atomic E-state index is 11.2. The van der Waals surface area contributed by atoms with Gasteiger partial charge < -0.3 is 15.3 Å². The van der Waals surface area contributed by atoms with E-state index >= 15 is 0 Å². The van der Waals surface area contributed by atoms with Gasteiger partial charge in [0.25, 0.3) is 0 Å². The topological polar surface area (TPSA) is 52.6 Å². The number of quaternary nitrogens is 1. The Balaban J connectivity index is 1.69. The molecule has 130 valence electrons. The van der Waals surface area contributed by atoms with Gasteiger partial charge in [0, 0.05) is 51.5 Å². The van der Waals surface area contributed by atoms with Crippen molar-refractivity contribution < 1.29 is 9.90 Å². The summed E-state index contributed by atoms with van der Waals surface area (Å²) < 4.78 is 1.13. The molecule has 2 fully saturated rings. The van der Waals surface area contributed by atoms with Crippen molar-refractivity contribution in [2.75, 3.05) is 26.2 Å². The molecule has 3 atom stereocenters. The minimum absolute atomic E-state index is 0.533. The van der Waals surface area contributed by atoms with Gasteiger partial charge in [-0.15, -0.1) is 0 Å². The van der Waals surface area contributed by atoms with Crippen molar-refractivity contribution in [1.82, 2.24) is 14.7 Å². The molecule has 3 heterocycles. The number of benzene rings is 1. The van der Waals surface area contributed by atoms with Crippen molar-refractivity contribution in [2.45, 2.75) is 51.2 Å². The lowest BCUT2D eigenvalue weighted by Gasteiger charge is -2.44. The molecule has 0 aromatic heterocycles. The largest absolute Gasteiger partial charge is 0.465 e. The van der Waals surface area contributed by atoms with Gasteiger partial charge in [0.2, 0.25) is 0 Å². The first-order chi connectivity index (χ1) is 11.6. The van der Waals surface area contributed by atoms with Crippen molar-refractivity contribution in [2.24, 2.45) is 0 Å². The van der Waals surface area contributed by atoms with Crippen molar-refractivity contribution in [3.63, 3.8) is 0 Å². The molecule has 2 N–H and O–H groups in total. The minimum Gasteiger partial charge on any atom is -0.465 e. The number of nitrogens with one attached hydrogen (secondary N) is 1. The van der Waals surface area contributed by atoms with Gasteiger partial charge in [-0.2, -0.15) is 0 Å². The lowest BCUT2D eigenvalue weighted by molar-refractivity contribution is 0.140. The summed E-state index contributed by atoms with van der Waals surface area (Å²) in [4.78, 5) is 12.7. The highest BCUT2D eigenvalue weighted by Crippen LogP contribution is 2.40. The Morgan fingerprint density at radius 1 is 1.33 bits per heavy atom. The Hall–Kier alpha value is -1.59. The van der Waals surface area contributed by atoms with Crippen molar-refractivity contribution in [3.8, 4) is 0 Å². The van der Waals surface area contributed by atoms with E-state index in [0.29, 0.717) is 25.2 Å². The monoisotopic (exact) mass is 330 g/mol. The first kappa shape index (κ1) is 15.9. The molecule has 0 aliphatic carbocycles. The van der Waals surface area contributed by atoms with Crippen LogP contribution in [0, 0.1) is 0 Å². The molecule has 1 unspecified atom stereocenters. The zero-order valence-electron chi connectivity index (χ0n) is 14.5. The van der Waals surface area contributed by atoms with Crippen LogP contribution < -0.4 is 9.80 Å². The van der Waals surface area contributed by atoms with E-state index in [9.17, 15) is 9.90 Å². The summed E-state index contributed by atoms with van der Waals surface area (Å²) in [5.41, 5.74) is 3.99. The van der Waals surface area contributed by atoms with Crippen molar-refractivity contribution >= 4 is 11.8 Å². The summed E-state index contributed by atoms with van der Waals surface area (Å²) in [6, 6.07) is 8.22. The molecule has 1 aromatic rings. The number of nitrogens with zero attached hydrogens (tertiary/aromatic N) is 2. The molecule has 0 spiro atoms. The van der Waals surface area contributed by atoms with Crippen LogP contribution in [-0.2, 0) is 13.0 Å². The van der Waals surface area contributed by atoms with E-state index in [-0.39, 0.29) is 0 Å². The zero-order valence-corrected chi connectivity index (χ0v) is 14.5. The SMILES string of the molecule is C[C@H]1CCC[N+]1(c1ccc2c(c1)CCN(C(=O)O)C2)[C@H]1CCNC1. The average molecular weight is 330 g/mol. The van der Waals surface area contributed by atoms with E-state index in [4.69, 9.17) is 0 Å². The third kappa shape index (κ3) is 2.42. The van der Waals surface area contributed by atoms with Crippen molar-refractivity contribution in [1.29, 1.82) is 0 Å². The van der Waals surface area contributed by atoms with E-state index in [1.165, 1.54) is 47.5 Å². The summed E-state index contributed by atoms with van der Waals surface area (Å²) in [5.74, 6) is 0. The maximum atomic E-state index is 11.2. The zero-order chi connectivity index (χ0) is 16.7. The summed E-state index contributed by atoms with van der Waals surface area (Å²) >= 11 is 0. The molecular formula is C19H28N3O2+.